The summed E-state index contributed by atoms with van der Waals surface area (Å²) >= 11 is 7.87. The van der Waals surface area contributed by atoms with E-state index in [4.69, 9.17) is 21.3 Å². The monoisotopic (exact) mass is 747 g/mol. The van der Waals surface area contributed by atoms with E-state index in [1.807, 2.05) is 52.1 Å². The molecule has 0 bridgehead atoms. The zero-order valence-electron chi connectivity index (χ0n) is 29.2. The number of carbonyl (C=O) groups is 4. The number of likely N-dealkylation sites (tertiary alicyclic amines) is 1. The van der Waals surface area contributed by atoms with Gasteiger partial charge in [-0.05, 0) is 54.2 Å². The molecule has 3 fully saturated rings. The Hall–Kier alpha value is -3.23. The molecule has 0 unspecified atom stereocenters. The standard InChI is InChI=1S/C35H46ClN5O7S2/c1-6-21-15-35(21,32(44)39-50(46,47)24-11-12-24)38-30(42)28-13-23(48-33(45)40-16-20-9-8-10-27(36)25(20)18-40)17-41(28)31(43)26(34(3,4)5)14-29-37-22(7-2)19-49-29/h8-10,19,21,23-24,26,28H,6-7,11-18H2,1-5H3,(H,38,42)(H,39,44)/t21-,23-,26-,28+,35-/m1/s1. The lowest BCUT2D eigenvalue weighted by Crippen LogP contribution is -2.57. The topological polar surface area (TPSA) is 155 Å². The van der Waals surface area contributed by atoms with Gasteiger partial charge >= 0.3 is 6.09 Å². The van der Waals surface area contributed by atoms with Gasteiger partial charge in [-0.25, -0.2) is 18.2 Å². The molecular formula is C35H46ClN5O7S2. The van der Waals surface area contributed by atoms with Crippen LogP contribution in [0, 0.1) is 17.3 Å². The normalized spacial score (nSPS) is 25.2. The number of nitrogens with zero attached hydrogens (tertiary/aromatic N) is 3. The molecule has 1 aromatic carbocycles. The molecule has 4 amide bonds. The SMILES string of the molecule is CCc1csc(C[C@H](C(=O)N2C[C@H](OC(=O)N3Cc4cccc(Cl)c4C3)C[C@H]2C(=O)N[C@]2(C(=O)NS(=O)(=O)C3CC3)C[C@H]2CC)C(C)(C)C)n1. The summed E-state index contributed by atoms with van der Waals surface area (Å²) in [4.78, 5) is 63.4. The molecule has 1 aromatic heterocycles. The van der Waals surface area contributed by atoms with Gasteiger partial charge in [0.1, 0.15) is 17.7 Å². The number of thiazole rings is 1. The maximum Gasteiger partial charge on any atom is 0.410 e. The second kappa shape index (κ2) is 13.7. The number of aryl methyl sites for hydroxylation is 1. The molecule has 2 aliphatic heterocycles. The summed E-state index contributed by atoms with van der Waals surface area (Å²) < 4.78 is 33.5. The molecule has 0 radical (unpaired) electrons. The van der Waals surface area contributed by atoms with Gasteiger partial charge in [0.2, 0.25) is 21.8 Å². The van der Waals surface area contributed by atoms with Crippen molar-refractivity contribution in [3.05, 3.63) is 50.4 Å². The first-order valence-electron chi connectivity index (χ1n) is 17.4. The summed E-state index contributed by atoms with van der Waals surface area (Å²) in [7, 11) is -3.84. The lowest BCUT2D eigenvalue weighted by Gasteiger charge is -2.35. The van der Waals surface area contributed by atoms with Crippen molar-refractivity contribution in [3.63, 3.8) is 0 Å². The lowest BCUT2D eigenvalue weighted by atomic mass is 9.77. The van der Waals surface area contributed by atoms with Crippen LogP contribution in [-0.2, 0) is 55.1 Å². The van der Waals surface area contributed by atoms with Gasteiger partial charge in [-0.1, -0.05) is 64.8 Å². The van der Waals surface area contributed by atoms with Gasteiger partial charge in [-0.3, -0.25) is 24.0 Å². The summed E-state index contributed by atoms with van der Waals surface area (Å²) in [5, 5.41) is 5.65. The Bertz CT molecular complexity index is 1790. The first-order valence-corrected chi connectivity index (χ1v) is 20.2. The summed E-state index contributed by atoms with van der Waals surface area (Å²) in [5.74, 6) is -2.42. The van der Waals surface area contributed by atoms with Gasteiger partial charge in [0, 0.05) is 35.7 Å². The Balaban J connectivity index is 1.24. The second-order valence-electron chi connectivity index (χ2n) is 15.1. The number of nitrogens with one attached hydrogen (secondary N) is 2. The van der Waals surface area contributed by atoms with Crippen LogP contribution >= 0.6 is 22.9 Å². The molecule has 6 rings (SSSR count). The fraction of sp³-hybridized carbons (Fsp3) is 0.629. The highest BCUT2D eigenvalue weighted by Gasteiger charge is 2.62. The molecule has 1 saturated heterocycles. The molecule has 15 heteroatoms. The number of aromatic nitrogens is 1. The Morgan fingerprint density at radius 3 is 2.50 bits per heavy atom. The highest BCUT2D eigenvalue weighted by molar-refractivity contribution is 7.91. The number of sulfonamides is 1. The smallest absolute Gasteiger partial charge is 0.410 e. The van der Waals surface area contributed by atoms with Crippen molar-refractivity contribution < 1.29 is 32.3 Å². The number of ether oxygens (including phenoxy) is 1. The third kappa shape index (κ3) is 7.38. The highest BCUT2D eigenvalue weighted by atomic mass is 35.5. The number of fused-ring (bicyclic) bond motifs is 1. The average Bonchev–Trinajstić information content (AvgIpc) is 3.86. The van der Waals surface area contributed by atoms with Crippen molar-refractivity contribution in [2.45, 2.75) is 116 Å². The summed E-state index contributed by atoms with van der Waals surface area (Å²) in [5.41, 5.74) is 0.823. The molecule has 2 N–H and O–H groups in total. The number of benzene rings is 1. The van der Waals surface area contributed by atoms with Gasteiger partial charge in [0.25, 0.3) is 5.91 Å². The molecule has 2 aliphatic carbocycles. The van der Waals surface area contributed by atoms with E-state index in [9.17, 15) is 27.6 Å². The zero-order valence-corrected chi connectivity index (χ0v) is 31.5. The number of hydrogen-bond donors (Lipinski definition) is 2. The van der Waals surface area contributed by atoms with Crippen LogP contribution in [0.25, 0.3) is 0 Å². The molecule has 0 spiro atoms. The van der Waals surface area contributed by atoms with E-state index in [-0.39, 0.29) is 37.8 Å². The highest BCUT2D eigenvalue weighted by Crippen LogP contribution is 2.47. The van der Waals surface area contributed by atoms with Crippen LogP contribution in [0.15, 0.2) is 23.6 Å². The van der Waals surface area contributed by atoms with Gasteiger partial charge in [0.15, 0.2) is 0 Å². The predicted octanol–water partition coefficient (Wildman–Crippen LogP) is 4.58. The molecule has 3 heterocycles. The Labute approximate surface area is 302 Å². The minimum Gasteiger partial charge on any atom is -0.444 e. The van der Waals surface area contributed by atoms with Gasteiger partial charge in [-0.2, -0.15) is 0 Å². The van der Waals surface area contributed by atoms with E-state index in [1.165, 1.54) is 21.1 Å². The summed E-state index contributed by atoms with van der Waals surface area (Å²) in [6.07, 6.45) is 1.61. The van der Waals surface area contributed by atoms with Gasteiger partial charge in [0.05, 0.1) is 29.0 Å². The van der Waals surface area contributed by atoms with E-state index in [0.717, 1.165) is 28.2 Å². The third-order valence-corrected chi connectivity index (χ3v) is 13.6. The van der Waals surface area contributed by atoms with Crippen LogP contribution in [-0.4, -0.2) is 76.5 Å². The van der Waals surface area contributed by atoms with Gasteiger partial charge in [-0.15, -0.1) is 11.3 Å². The minimum atomic E-state index is -3.84. The van der Waals surface area contributed by atoms with Crippen LogP contribution in [0.2, 0.25) is 5.02 Å². The van der Waals surface area contributed by atoms with Crippen LogP contribution < -0.4 is 10.0 Å². The number of carbonyl (C=O) groups excluding carboxylic acids is 4. The predicted molar refractivity (Wildman–Crippen MR) is 189 cm³/mol. The van der Waals surface area contributed by atoms with E-state index < -0.39 is 62.2 Å². The molecule has 272 valence electrons. The molecular weight excluding hydrogens is 702 g/mol. The first-order chi connectivity index (χ1) is 23.6. The van der Waals surface area contributed by atoms with E-state index >= 15 is 0 Å². The molecule has 4 aliphatic rings. The van der Waals surface area contributed by atoms with Crippen LogP contribution in [0.1, 0.15) is 88.6 Å². The third-order valence-electron chi connectivity index (χ3n) is 10.5. The van der Waals surface area contributed by atoms with Crippen molar-refractivity contribution >= 4 is 56.8 Å². The fourth-order valence-electron chi connectivity index (χ4n) is 7.14. The first kappa shape index (κ1) is 36.6. The molecule has 50 heavy (non-hydrogen) atoms. The molecule has 5 atom stereocenters. The summed E-state index contributed by atoms with van der Waals surface area (Å²) in [6.45, 7) is 10.4. The molecule has 12 nitrogen and oxygen atoms in total. The largest absolute Gasteiger partial charge is 0.444 e. The quantitative estimate of drug-likeness (QED) is 0.339. The second-order valence-corrected chi connectivity index (χ2v) is 18.4. The zero-order chi connectivity index (χ0) is 36.2. The van der Waals surface area contributed by atoms with Crippen LogP contribution in [0.3, 0.4) is 0 Å². The number of hydrogen-bond acceptors (Lipinski definition) is 9. The molecule has 2 saturated carbocycles. The van der Waals surface area contributed by atoms with Gasteiger partial charge < -0.3 is 15.0 Å². The molecule has 2 aromatic rings. The minimum absolute atomic E-state index is 0.0126. The Kier molecular flexibility index (Phi) is 10.0. The van der Waals surface area contributed by atoms with Crippen molar-refractivity contribution in [1.29, 1.82) is 0 Å². The Morgan fingerprint density at radius 2 is 1.90 bits per heavy atom. The maximum atomic E-state index is 14.6. The van der Waals surface area contributed by atoms with E-state index in [0.29, 0.717) is 37.3 Å². The maximum absolute atomic E-state index is 14.6. The number of halogens is 1. The van der Waals surface area contributed by atoms with E-state index in [1.54, 1.807) is 6.07 Å². The Morgan fingerprint density at radius 1 is 1.16 bits per heavy atom. The summed E-state index contributed by atoms with van der Waals surface area (Å²) in [6, 6.07) is 4.46. The lowest BCUT2D eigenvalue weighted by molar-refractivity contribution is -0.145. The van der Waals surface area contributed by atoms with Crippen molar-refractivity contribution in [2.24, 2.45) is 17.3 Å². The number of amides is 4. The van der Waals surface area contributed by atoms with Crippen LogP contribution in [0.4, 0.5) is 4.79 Å². The fourth-order valence-corrected chi connectivity index (χ4v) is 9.68. The average molecular weight is 748 g/mol. The van der Waals surface area contributed by atoms with Crippen LogP contribution in [0.5, 0.6) is 0 Å². The number of rotatable bonds is 11. The van der Waals surface area contributed by atoms with E-state index in [2.05, 4.69) is 10.0 Å². The van der Waals surface area contributed by atoms with Crippen molar-refractivity contribution in [1.82, 2.24) is 24.8 Å². The van der Waals surface area contributed by atoms with Crippen molar-refractivity contribution in [2.75, 3.05) is 6.54 Å². The van der Waals surface area contributed by atoms with Crippen molar-refractivity contribution in [3.8, 4) is 0 Å².